The molecule has 0 aliphatic carbocycles. The summed E-state index contributed by atoms with van der Waals surface area (Å²) in [5.74, 6) is 0. The van der Waals surface area contributed by atoms with E-state index in [0.29, 0.717) is 0 Å². The van der Waals surface area contributed by atoms with Crippen LogP contribution in [0.4, 0.5) is 5.69 Å². The maximum atomic E-state index is 6.31. The lowest BCUT2D eigenvalue weighted by Crippen LogP contribution is -2.61. The minimum Gasteiger partial charge on any atom is -0.368 e. The smallest absolute Gasteiger partial charge is 0.0639 e. The number of likely N-dealkylation sites (N-methyl/N-ethyl adjacent to an activating group) is 1. The zero-order chi connectivity index (χ0) is 14.9. The summed E-state index contributed by atoms with van der Waals surface area (Å²) in [6.07, 6.45) is 1.19. The van der Waals surface area contributed by atoms with Crippen molar-refractivity contribution in [1.82, 2.24) is 9.80 Å². The number of para-hydroxylation sites is 1. The van der Waals surface area contributed by atoms with Gasteiger partial charge in [0.25, 0.3) is 0 Å². The first kappa shape index (κ1) is 15.1. The molecule has 1 aromatic carbocycles. The molecule has 21 heavy (non-hydrogen) atoms. The molecule has 3 rings (SSSR count). The topological polar surface area (TPSA) is 35.7 Å². The Kier molecular flexibility index (Phi) is 4.41. The van der Waals surface area contributed by atoms with Crippen LogP contribution < -0.4 is 10.6 Å². The largest absolute Gasteiger partial charge is 0.368 e. The summed E-state index contributed by atoms with van der Waals surface area (Å²) in [6.45, 7) is 7.18. The molecule has 116 valence electrons. The molecule has 2 fully saturated rings. The van der Waals surface area contributed by atoms with Crippen LogP contribution in [0.15, 0.2) is 24.3 Å². The van der Waals surface area contributed by atoms with E-state index in [0.717, 1.165) is 56.5 Å². The van der Waals surface area contributed by atoms with Crippen molar-refractivity contribution in [2.45, 2.75) is 12.0 Å². The molecule has 1 unspecified atom stereocenters. The summed E-state index contributed by atoms with van der Waals surface area (Å²) in [4.78, 5) is 7.39. The van der Waals surface area contributed by atoms with Crippen LogP contribution in [0.5, 0.6) is 0 Å². The van der Waals surface area contributed by atoms with Crippen LogP contribution in [0.1, 0.15) is 6.42 Å². The molecule has 0 bridgehead atoms. The Bertz CT molecular complexity index is 487. The van der Waals surface area contributed by atoms with E-state index in [1.165, 1.54) is 6.42 Å². The van der Waals surface area contributed by atoms with Crippen LogP contribution in [0.25, 0.3) is 0 Å². The molecular formula is C16H25ClN4. The third-order valence-electron chi connectivity index (χ3n) is 5.05. The predicted molar refractivity (Wildman–Crippen MR) is 89.1 cm³/mol. The maximum absolute atomic E-state index is 6.31. The molecule has 2 aliphatic rings. The van der Waals surface area contributed by atoms with E-state index < -0.39 is 0 Å². The van der Waals surface area contributed by atoms with Crippen molar-refractivity contribution < 1.29 is 0 Å². The molecule has 0 saturated carbocycles. The van der Waals surface area contributed by atoms with Gasteiger partial charge in [-0.25, -0.2) is 0 Å². The summed E-state index contributed by atoms with van der Waals surface area (Å²) in [5.41, 5.74) is 7.47. The minimum absolute atomic E-state index is 0.182. The molecule has 2 saturated heterocycles. The van der Waals surface area contributed by atoms with E-state index in [-0.39, 0.29) is 5.54 Å². The van der Waals surface area contributed by atoms with Crippen LogP contribution in [0, 0.1) is 0 Å². The molecule has 0 amide bonds. The number of anilines is 1. The van der Waals surface area contributed by atoms with Gasteiger partial charge in [0.2, 0.25) is 0 Å². The fourth-order valence-corrected chi connectivity index (χ4v) is 4.00. The maximum Gasteiger partial charge on any atom is 0.0639 e. The number of hydrogen-bond donors (Lipinski definition) is 1. The highest BCUT2D eigenvalue weighted by Crippen LogP contribution is 2.30. The van der Waals surface area contributed by atoms with Crippen molar-refractivity contribution in [3.63, 3.8) is 0 Å². The Labute approximate surface area is 132 Å². The number of hydrogen-bond acceptors (Lipinski definition) is 4. The van der Waals surface area contributed by atoms with Crippen molar-refractivity contribution in [3.05, 3.63) is 29.3 Å². The monoisotopic (exact) mass is 308 g/mol. The van der Waals surface area contributed by atoms with Crippen molar-refractivity contribution in [2.24, 2.45) is 5.73 Å². The van der Waals surface area contributed by atoms with Gasteiger partial charge >= 0.3 is 0 Å². The Morgan fingerprint density at radius 2 is 1.86 bits per heavy atom. The molecule has 0 spiro atoms. The van der Waals surface area contributed by atoms with Crippen LogP contribution in [-0.2, 0) is 0 Å². The number of nitrogens with two attached hydrogens (primary N) is 1. The molecule has 5 heteroatoms. The van der Waals surface area contributed by atoms with Gasteiger partial charge in [-0.3, -0.25) is 4.90 Å². The SMILES string of the molecule is CN1CCC(CN)(N2CCN(c3ccccc3Cl)CC2)C1. The summed E-state index contributed by atoms with van der Waals surface area (Å²) in [5, 5.41) is 0.847. The van der Waals surface area contributed by atoms with Crippen molar-refractivity contribution in [1.29, 1.82) is 0 Å². The van der Waals surface area contributed by atoms with Crippen molar-refractivity contribution in [2.75, 3.05) is 57.8 Å². The van der Waals surface area contributed by atoms with Gasteiger partial charge in [-0.1, -0.05) is 23.7 Å². The van der Waals surface area contributed by atoms with E-state index in [1.807, 2.05) is 12.1 Å². The lowest BCUT2D eigenvalue weighted by atomic mass is 9.95. The molecule has 2 N–H and O–H groups in total. The first-order valence-electron chi connectivity index (χ1n) is 7.78. The van der Waals surface area contributed by atoms with E-state index in [4.69, 9.17) is 17.3 Å². The Morgan fingerprint density at radius 3 is 2.43 bits per heavy atom. The second-order valence-corrected chi connectivity index (χ2v) is 6.75. The first-order chi connectivity index (χ1) is 10.1. The Morgan fingerprint density at radius 1 is 1.14 bits per heavy atom. The highest BCUT2D eigenvalue weighted by atomic mass is 35.5. The molecule has 1 aromatic rings. The van der Waals surface area contributed by atoms with Gasteiger partial charge in [0.15, 0.2) is 0 Å². The molecule has 1 atom stereocenters. The van der Waals surface area contributed by atoms with Crippen molar-refractivity contribution in [3.8, 4) is 0 Å². The van der Waals surface area contributed by atoms with Gasteiger partial charge < -0.3 is 15.5 Å². The van der Waals surface area contributed by atoms with Gasteiger partial charge in [-0.15, -0.1) is 0 Å². The number of nitrogens with zero attached hydrogens (tertiary/aromatic N) is 3. The molecule has 4 nitrogen and oxygen atoms in total. The fourth-order valence-electron chi connectivity index (χ4n) is 3.74. The van der Waals surface area contributed by atoms with Crippen LogP contribution in [0.3, 0.4) is 0 Å². The number of piperazine rings is 1. The van der Waals surface area contributed by atoms with Crippen LogP contribution in [0.2, 0.25) is 5.02 Å². The van der Waals surface area contributed by atoms with Crippen LogP contribution >= 0.6 is 11.6 Å². The predicted octanol–water partition coefficient (Wildman–Crippen LogP) is 1.50. The quantitative estimate of drug-likeness (QED) is 0.918. The van der Waals surface area contributed by atoms with E-state index in [9.17, 15) is 0 Å². The lowest BCUT2D eigenvalue weighted by Gasteiger charge is -2.46. The zero-order valence-electron chi connectivity index (χ0n) is 12.8. The molecular weight excluding hydrogens is 284 g/mol. The summed E-state index contributed by atoms with van der Waals surface area (Å²) in [6, 6.07) is 8.12. The zero-order valence-corrected chi connectivity index (χ0v) is 13.5. The van der Waals surface area contributed by atoms with E-state index >= 15 is 0 Å². The summed E-state index contributed by atoms with van der Waals surface area (Å²) >= 11 is 6.31. The molecule has 2 heterocycles. The highest BCUT2D eigenvalue weighted by molar-refractivity contribution is 6.33. The number of benzene rings is 1. The van der Waals surface area contributed by atoms with E-state index in [1.54, 1.807) is 0 Å². The van der Waals surface area contributed by atoms with Crippen LogP contribution in [-0.4, -0.2) is 68.2 Å². The second-order valence-electron chi connectivity index (χ2n) is 6.34. The highest BCUT2D eigenvalue weighted by Gasteiger charge is 2.41. The van der Waals surface area contributed by atoms with E-state index in [2.05, 4.69) is 33.9 Å². The van der Waals surface area contributed by atoms with Gasteiger partial charge in [-0.05, 0) is 32.1 Å². The third kappa shape index (κ3) is 2.90. The van der Waals surface area contributed by atoms with Gasteiger partial charge in [0.1, 0.15) is 0 Å². The number of rotatable bonds is 3. The normalized spacial score (nSPS) is 28.2. The van der Waals surface area contributed by atoms with Gasteiger partial charge in [-0.2, -0.15) is 0 Å². The fraction of sp³-hybridized carbons (Fsp3) is 0.625. The third-order valence-corrected chi connectivity index (χ3v) is 5.37. The Balaban J connectivity index is 1.66. The number of halogens is 1. The summed E-state index contributed by atoms with van der Waals surface area (Å²) < 4.78 is 0. The average molecular weight is 309 g/mol. The van der Waals surface area contributed by atoms with Gasteiger partial charge in [0, 0.05) is 44.8 Å². The standard InChI is InChI=1S/C16H25ClN4/c1-19-7-6-16(12-18,13-19)21-10-8-20(9-11-21)15-5-3-2-4-14(15)17/h2-5H,6-13,18H2,1H3. The Hall–Kier alpha value is -0.810. The second kappa shape index (κ2) is 6.13. The molecule has 0 aromatic heterocycles. The molecule has 0 radical (unpaired) electrons. The average Bonchev–Trinajstić information content (AvgIpc) is 2.91. The van der Waals surface area contributed by atoms with Gasteiger partial charge in [0.05, 0.1) is 10.7 Å². The molecule has 2 aliphatic heterocycles. The number of likely N-dealkylation sites (tertiary alicyclic amines) is 1. The first-order valence-corrected chi connectivity index (χ1v) is 8.15. The lowest BCUT2D eigenvalue weighted by molar-refractivity contribution is 0.0946. The van der Waals surface area contributed by atoms with Crippen molar-refractivity contribution >= 4 is 17.3 Å². The summed E-state index contributed by atoms with van der Waals surface area (Å²) in [7, 11) is 2.19. The minimum atomic E-state index is 0.182.